The number of hydrogen-bond acceptors (Lipinski definition) is 7. The van der Waals surface area contributed by atoms with Gasteiger partial charge in [0.15, 0.2) is 0 Å². The molecule has 2 saturated carbocycles. The molecule has 1 amide bonds. The molecule has 0 aliphatic heterocycles. The molecule has 0 atom stereocenters. The lowest BCUT2D eigenvalue weighted by atomic mass is 9.60. The van der Waals surface area contributed by atoms with Gasteiger partial charge < -0.3 is 19.8 Å². The van der Waals surface area contributed by atoms with Gasteiger partial charge in [-0.25, -0.2) is 0 Å². The summed E-state index contributed by atoms with van der Waals surface area (Å²) in [6.45, 7) is 0. The molecule has 1 aromatic heterocycles. The molecule has 0 saturated heterocycles. The van der Waals surface area contributed by atoms with Crippen molar-refractivity contribution in [2.45, 2.75) is 76.5 Å². The highest BCUT2D eigenvalue weighted by Gasteiger charge is 2.39. The van der Waals surface area contributed by atoms with Gasteiger partial charge in [0.2, 0.25) is 0 Å². The number of nitrogens with one attached hydrogen (secondary N) is 2. The Bertz CT molecular complexity index is 1150. The minimum Gasteiger partial charge on any atom is -0.469 e. The first kappa shape index (κ1) is 25.2. The van der Waals surface area contributed by atoms with E-state index in [2.05, 4.69) is 39.0 Å². The second kappa shape index (κ2) is 11.3. The molecule has 2 aromatic rings. The van der Waals surface area contributed by atoms with E-state index in [9.17, 15) is 9.59 Å². The smallest absolute Gasteiger partial charge is 0.320 e. The Kier molecular flexibility index (Phi) is 7.72. The topological polar surface area (TPSA) is 106 Å². The van der Waals surface area contributed by atoms with Crippen LogP contribution in [0.15, 0.2) is 52.6 Å². The maximum Gasteiger partial charge on any atom is 0.320 e. The van der Waals surface area contributed by atoms with Crippen LogP contribution in [0, 0.1) is 11.3 Å². The lowest BCUT2D eigenvalue weighted by Crippen LogP contribution is -2.32. The minimum absolute atomic E-state index is 0.0718. The van der Waals surface area contributed by atoms with E-state index in [1.165, 1.54) is 51.2 Å². The number of methoxy groups -OCH3 is 1. The predicted octanol–water partition coefficient (Wildman–Crippen LogP) is 6.37. The molecule has 2 N–H and O–H groups in total. The van der Waals surface area contributed by atoms with Crippen LogP contribution in [0.5, 0.6) is 0 Å². The maximum atomic E-state index is 12.6. The second-order valence-electron chi connectivity index (χ2n) is 10.8. The molecule has 1 aromatic carbocycles. The van der Waals surface area contributed by atoms with Gasteiger partial charge in [0.05, 0.1) is 7.11 Å². The van der Waals surface area contributed by atoms with Gasteiger partial charge in [-0.2, -0.15) is 0 Å². The van der Waals surface area contributed by atoms with Gasteiger partial charge in [-0.05, 0) is 105 Å². The number of carbonyl (C=O) groups excluding carboxylic acids is 2. The van der Waals surface area contributed by atoms with Crippen LogP contribution in [0.3, 0.4) is 0 Å². The molecular weight excluding hydrogens is 468 g/mol. The van der Waals surface area contributed by atoms with Crippen molar-refractivity contribution in [3.05, 3.63) is 59.6 Å². The van der Waals surface area contributed by atoms with Gasteiger partial charge in [-0.15, -0.1) is 5.10 Å². The lowest BCUT2D eigenvalue weighted by molar-refractivity contribution is -0.142. The van der Waals surface area contributed by atoms with Crippen molar-refractivity contribution in [2.75, 3.05) is 17.7 Å². The molecule has 1 heterocycles. The van der Waals surface area contributed by atoms with Crippen LogP contribution in [-0.2, 0) is 9.53 Å². The summed E-state index contributed by atoms with van der Waals surface area (Å²) in [6, 6.07) is 8.36. The van der Waals surface area contributed by atoms with Gasteiger partial charge in [-0.3, -0.25) is 9.59 Å². The highest BCUT2D eigenvalue weighted by atomic mass is 16.5. The SMILES string of the molecule is COC(=O)CC1CCC2(CC1)CCC(c1ccc(NC(=O)c3nnc(NC4=CC=CCC4)o3)cc1)CC2. The van der Waals surface area contributed by atoms with Crippen molar-refractivity contribution in [2.24, 2.45) is 11.3 Å². The Labute approximate surface area is 217 Å². The van der Waals surface area contributed by atoms with E-state index >= 15 is 0 Å². The Morgan fingerprint density at radius 2 is 1.78 bits per heavy atom. The average molecular weight is 505 g/mol. The summed E-state index contributed by atoms with van der Waals surface area (Å²) in [7, 11) is 1.48. The first-order valence-electron chi connectivity index (χ1n) is 13.5. The van der Waals surface area contributed by atoms with Crippen LogP contribution in [-0.4, -0.2) is 29.2 Å². The van der Waals surface area contributed by atoms with Gasteiger partial charge >= 0.3 is 23.8 Å². The van der Waals surface area contributed by atoms with Crippen LogP contribution in [0.4, 0.5) is 11.7 Å². The zero-order valence-electron chi connectivity index (χ0n) is 21.5. The van der Waals surface area contributed by atoms with E-state index in [-0.39, 0.29) is 17.9 Å². The molecule has 0 radical (unpaired) electrons. The van der Waals surface area contributed by atoms with E-state index in [0.717, 1.165) is 31.4 Å². The fourth-order valence-corrected chi connectivity index (χ4v) is 6.11. The molecule has 3 aliphatic carbocycles. The number of allylic oxidation sites excluding steroid dienone is 4. The highest BCUT2D eigenvalue weighted by molar-refractivity contribution is 6.00. The summed E-state index contributed by atoms with van der Waals surface area (Å²) in [5.41, 5.74) is 3.47. The average Bonchev–Trinajstić information content (AvgIpc) is 3.40. The third kappa shape index (κ3) is 6.29. The third-order valence-corrected chi connectivity index (χ3v) is 8.44. The molecular formula is C29H36N4O4. The van der Waals surface area contributed by atoms with Crippen LogP contribution in [0.25, 0.3) is 0 Å². The Morgan fingerprint density at radius 1 is 1.05 bits per heavy atom. The van der Waals surface area contributed by atoms with Crippen LogP contribution < -0.4 is 10.6 Å². The third-order valence-electron chi connectivity index (χ3n) is 8.44. The van der Waals surface area contributed by atoms with Crippen molar-refractivity contribution >= 4 is 23.6 Å². The summed E-state index contributed by atoms with van der Waals surface area (Å²) in [5.74, 6) is 0.469. The first-order chi connectivity index (χ1) is 18.0. The number of hydrogen-bond donors (Lipinski definition) is 2. The second-order valence-corrected chi connectivity index (χ2v) is 10.8. The Balaban J connectivity index is 1.10. The summed E-state index contributed by atoms with van der Waals surface area (Å²) < 4.78 is 10.3. The van der Waals surface area contributed by atoms with Crippen molar-refractivity contribution in [1.82, 2.24) is 10.2 Å². The van der Waals surface area contributed by atoms with Gasteiger partial charge in [0, 0.05) is 17.8 Å². The maximum absolute atomic E-state index is 12.6. The molecule has 1 spiro atoms. The molecule has 196 valence electrons. The van der Waals surface area contributed by atoms with Crippen LogP contribution >= 0.6 is 0 Å². The Morgan fingerprint density at radius 3 is 2.46 bits per heavy atom. The molecule has 3 aliphatic rings. The molecule has 2 fully saturated rings. The number of amides is 1. The fraction of sp³-hybridized carbons (Fsp3) is 0.517. The van der Waals surface area contributed by atoms with Gasteiger partial charge in [-0.1, -0.05) is 29.4 Å². The summed E-state index contributed by atoms with van der Waals surface area (Å²) >= 11 is 0. The summed E-state index contributed by atoms with van der Waals surface area (Å²) in [6.07, 6.45) is 18.0. The quantitative estimate of drug-likeness (QED) is 0.422. The Hall–Kier alpha value is -3.42. The van der Waals surface area contributed by atoms with E-state index in [1.54, 1.807) is 0 Å². The zero-order chi connectivity index (χ0) is 25.7. The van der Waals surface area contributed by atoms with Crippen molar-refractivity contribution in [3.63, 3.8) is 0 Å². The molecule has 37 heavy (non-hydrogen) atoms. The number of benzene rings is 1. The van der Waals surface area contributed by atoms with E-state index < -0.39 is 5.91 Å². The largest absolute Gasteiger partial charge is 0.469 e. The number of anilines is 2. The predicted molar refractivity (Wildman–Crippen MR) is 141 cm³/mol. The van der Waals surface area contributed by atoms with Crippen molar-refractivity contribution < 1.29 is 18.7 Å². The number of nitrogens with zero attached hydrogens (tertiary/aromatic N) is 2. The van der Waals surface area contributed by atoms with Crippen LogP contribution in [0.2, 0.25) is 0 Å². The standard InChI is InChI=1S/C29H36N4O4/c1-36-25(34)19-20-11-15-29(16-12-20)17-13-22(14-18-29)21-7-9-24(10-8-21)30-26(35)27-32-33-28(37-27)31-23-5-3-2-4-6-23/h2-3,5,7-10,20,22H,4,6,11-19H2,1H3,(H,30,35)(H,31,33). The van der Waals surface area contributed by atoms with E-state index in [1.807, 2.05) is 24.3 Å². The molecule has 0 bridgehead atoms. The van der Waals surface area contributed by atoms with Crippen molar-refractivity contribution in [1.29, 1.82) is 0 Å². The van der Waals surface area contributed by atoms with Gasteiger partial charge in [0.1, 0.15) is 0 Å². The van der Waals surface area contributed by atoms with Gasteiger partial charge in [0.25, 0.3) is 0 Å². The number of rotatable bonds is 7. The number of ether oxygens (including phenoxy) is 1. The molecule has 5 rings (SSSR count). The van der Waals surface area contributed by atoms with Crippen LogP contribution in [0.1, 0.15) is 92.8 Å². The minimum atomic E-state index is -0.423. The summed E-state index contributed by atoms with van der Waals surface area (Å²) in [5, 5.41) is 13.7. The van der Waals surface area contributed by atoms with E-state index in [0.29, 0.717) is 29.4 Å². The molecule has 8 nitrogen and oxygen atoms in total. The highest BCUT2D eigenvalue weighted by Crippen LogP contribution is 2.52. The molecule has 0 unspecified atom stereocenters. The lowest BCUT2D eigenvalue weighted by Gasteiger charge is -2.45. The number of carbonyl (C=O) groups is 2. The van der Waals surface area contributed by atoms with E-state index in [4.69, 9.17) is 9.15 Å². The first-order valence-corrected chi connectivity index (χ1v) is 13.5. The number of esters is 1. The summed E-state index contributed by atoms with van der Waals surface area (Å²) in [4.78, 5) is 24.2. The normalized spacial score (nSPS) is 25.4. The molecule has 8 heteroatoms. The van der Waals surface area contributed by atoms with Crippen molar-refractivity contribution in [3.8, 4) is 0 Å². The zero-order valence-corrected chi connectivity index (χ0v) is 21.5. The fourth-order valence-electron chi connectivity index (χ4n) is 6.11. The monoisotopic (exact) mass is 504 g/mol. The number of aromatic nitrogens is 2.